The lowest BCUT2D eigenvalue weighted by Gasteiger charge is -2.29. The van der Waals surface area contributed by atoms with Crippen molar-refractivity contribution in [3.63, 3.8) is 0 Å². The molecule has 21 heavy (non-hydrogen) atoms. The number of hydrogen-bond acceptors (Lipinski definition) is 3. The first-order valence-electron chi connectivity index (χ1n) is 8.12. The number of aromatic nitrogens is 2. The normalized spacial score (nSPS) is 29.3. The van der Waals surface area contributed by atoms with Crippen LogP contribution in [-0.4, -0.2) is 44.5 Å². The van der Waals surface area contributed by atoms with Crippen LogP contribution in [0.5, 0.6) is 0 Å². The maximum atomic E-state index is 11.2. The molecule has 0 aliphatic carbocycles. The van der Waals surface area contributed by atoms with Crippen LogP contribution >= 0.6 is 0 Å². The number of nitrogens with zero attached hydrogens (tertiary/aromatic N) is 3. The van der Waals surface area contributed by atoms with Crippen molar-refractivity contribution < 1.29 is 5.11 Å². The van der Waals surface area contributed by atoms with Gasteiger partial charge in [-0.2, -0.15) is 5.10 Å². The van der Waals surface area contributed by atoms with Crippen LogP contribution < -0.4 is 0 Å². The van der Waals surface area contributed by atoms with Gasteiger partial charge in [0.1, 0.15) is 0 Å². The number of aryl methyl sites for hydroxylation is 1. The third kappa shape index (κ3) is 2.00. The molecule has 4 rings (SSSR count). The molecular formula is C17H23N3O. The zero-order valence-electron chi connectivity index (χ0n) is 12.6. The van der Waals surface area contributed by atoms with E-state index in [0.29, 0.717) is 12.5 Å². The van der Waals surface area contributed by atoms with Gasteiger partial charge in [0.05, 0.1) is 16.8 Å². The van der Waals surface area contributed by atoms with Gasteiger partial charge in [0.15, 0.2) is 0 Å². The minimum Gasteiger partial charge on any atom is -0.388 e. The highest BCUT2D eigenvalue weighted by atomic mass is 16.3. The minimum absolute atomic E-state index is 0.336. The molecule has 1 aromatic heterocycles. The molecule has 3 heterocycles. The van der Waals surface area contributed by atoms with Gasteiger partial charge in [-0.05, 0) is 38.8 Å². The number of benzene rings is 1. The van der Waals surface area contributed by atoms with E-state index < -0.39 is 5.60 Å². The molecular weight excluding hydrogens is 262 g/mol. The third-order valence-electron chi connectivity index (χ3n) is 5.32. The molecule has 0 bridgehead atoms. The summed E-state index contributed by atoms with van der Waals surface area (Å²) in [6, 6.07) is 8.71. The number of rotatable bonds is 3. The fourth-order valence-electron chi connectivity index (χ4n) is 4.27. The Hall–Kier alpha value is -1.39. The molecule has 4 heteroatoms. The van der Waals surface area contributed by atoms with E-state index in [0.717, 1.165) is 38.2 Å². The van der Waals surface area contributed by atoms with E-state index in [-0.39, 0.29) is 0 Å². The predicted octanol–water partition coefficient (Wildman–Crippen LogP) is 2.20. The van der Waals surface area contributed by atoms with Gasteiger partial charge in [0.25, 0.3) is 0 Å². The van der Waals surface area contributed by atoms with Crippen LogP contribution in [0.1, 0.15) is 31.9 Å². The predicted molar refractivity (Wildman–Crippen MR) is 83.3 cm³/mol. The highest BCUT2D eigenvalue weighted by Crippen LogP contribution is 2.38. The van der Waals surface area contributed by atoms with Crippen molar-refractivity contribution >= 4 is 10.9 Å². The molecule has 0 spiro atoms. The Bertz CT molecular complexity index is 665. The van der Waals surface area contributed by atoms with Crippen molar-refractivity contribution in [1.29, 1.82) is 0 Å². The van der Waals surface area contributed by atoms with Gasteiger partial charge >= 0.3 is 0 Å². The minimum atomic E-state index is -0.591. The van der Waals surface area contributed by atoms with E-state index >= 15 is 0 Å². The van der Waals surface area contributed by atoms with Crippen molar-refractivity contribution in [3.8, 4) is 0 Å². The number of aliphatic hydroxyl groups is 1. The third-order valence-corrected chi connectivity index (χ3v) is 5.32. The number of fused-ring (bicyclic) bond motifs is 2. The maximum absolute atomic E-state index is 11.2. The van der Waals surface area contributed by atoms with Crippen LogP contribution in [0.15, 0.2) is 24.3 Å². The Balaban J connectivity index is 1.71. The quantitative estimate of drug-likeness (QED) is 0.940. The second-order valence-electron chi connectivity index (χ2n) is 6.50. The molecule has 112 valence electrons. The lowest BCUT2D eigenvalue weighted by atomic mass is 9.87. The second-order valence-corrected chi connectivity index (χ2v) is 6.50. The lowest BCUT2D eigenvalue weighted by Crippen LogP contribution is -2.43. The summed E-state index contributed by atoms with van der Waals surface area (Å²) in [5, 5.41) is 17.1. The Kier molecular flexibility index (Phi) is 3.05. The molecule has 2 fully saturated rings. The van der Waals surface area contributed by atoms with Crippen LogP contribution in [0.3, 0.4) is 0 Å². The van der Waals surface area contributed by atoms with Gasteiger partial charge in [-0.15, -0.1) is 0 Å². The van der Waals surface area contributed by atoms with Crippen LogP contribution in [0.2, 0.25) is 0 Å². The van der Waals surface area contributed by atoms with E-state index in [1.165, 1.54) is 17.3 Å². The first-order chi connectivity index (χ1) is 10.2. The van der Waals surface area contributed by atoms with Gasteiger partial charge in [-0.3, -0.25) is 9.58 Å². The fourth-order valence-corrected chi connectivity index (χ4v) is 4.27. The zero-order valence-corrected chi connectivity index (χ0v) is 12.6. The molecule has 1 N–H and O–H groups in total. The summed E-state index contributed by atoms with van der Waals surface area (Å²) in [5.41, 5.74) is 1.65. The fraction of sp³-hybridized carbons (Fsp3) is 0.588. The van der Waals surface area contributed by atoms with Crippen molar-refractivity contribution in [3.05, 3.63) is 30.0 Å². The van der Waals surface area contributed by atoms with Crippen LogP contribution in [0.4, 0.5) is 0 Å². The van der Waals surface area contributed by atoms with Crippen LogP contribution in [0.25, 0.3) is 10.9 Å². The summed E-state index contributed by atoms with van der Waals surface area (Å²) in [5.74, 6) is 0. The summed E-state index contributed by atoms with van der Waals surface area (Å²) >= 11 is 0. The van der Waals surface area contributed by atoms with Crippen LogP contribution in [-0.2, 0) is 13.0 Å². The molecule has 2 aromatic rings. The Morgan fingerprint density at radius 3 is 3.05 bits per heavy atom. The molecule has 0 radical (unpaired) electrons. The van der Waals surface area contributed by atoms with Crippen molar-refractivity contribution in [1.82, 2.24) is 14.7 Å². The van der Waals surface area contributed by atoms with Crippen molar-refractivity contribution in [2.24, 2.45) is 0 Å². The smallest absolute Gasteiger partial charge is 0.0870 e. The second kappa shape index (κ2) is 4.82. The van der Waals surface area contributed by atoms with E-state index in [1.54, 1.807) is 0 Å². The van der Waals surface area contributed by atoms with Crippen LogP contribution in [0, 0.1) is 0 Å². The standard InChI is InChI=1S/C17H23N3O/c1-2-20-15-7-4-3-6-13(15)14(18-20)12-17(21)9-11-19-10-5-8-16(17)19/h3-4,6-7,16,21H,2,5,8-12H2,1H3. The summed E-state index contributed by atoms with van der Waals surface area (Å²) in [4.78, 5) is 2.46. The molecule has 2 saturated heterocycles. The highest BCUT2D eigenvalue weighted by Gasteiger charge is 2.48. The summed E-state index contributed by atoms with van der Waals surface area (Å²) in [6.45, 7) is 5.17. The number of hydrogen-bond donors (Lipinski definition) is 1. The molecule has 1 aromatic carbocycles. The first kappa shape index (κ1) is 13.3. The largest absolute Gasteiger partial charge is 0.388 e. The van der Waals surface area contributed by atoms with E-state index in [4.69, 9.17) is 5.10 Å². The highest BCUT2D eigenvalue weighted by molar-refractivity contribution is 5.82. The van der Waals surface area contributed by atoms with E-state index in [2.05, 4.69) is 40.8 Å². The molecule has 0 saturated carbocycles. The zero-order chi connectivity index (χ0) is 14.4. The summed E-state index contributed by atoms with van der Waals surface area (Å²) < 4.78 is 2.05. The van der Waals surface area contributed by atoms with Gasteiger partial charge in [-0.25, -0.2) is 0 Å². The SMILES string of the molecule is CCn1nc(CC2(O)CCN3CCCC32)c2ccccc21. The molecule has 0 amide bonds. The first-order valence-corrected chi connectivity index (χ1v) is 8.12. The topological polar surface area (TPSA) is 41.3 Å². The lowest BCUT2D eigenvalue weighted by molar-refractivity contribution is 0.0134. The molecule has 2 aliphatic rings. The van der Waals surface area contributed by atoms with Crippen molar-refractivity contribution in [2.75, 3.05) is 13.1 Å². The molecule has 2 unspecified atom stereocenters. The average molecular weight is 285 g/mol. The van der Waals surface area contributed by atoms with Gasteiger partial charge < -0.3 is 5.11 Å². The van der Waals surface area contributed by atoms with Gasteiger partial charge in [0.2, 0.25) is 0 Å². The molecule has 2 atom stereocenters. The van der Waals surface area contributed by atoms with E-state index in [1.807, 2.05) is 0 Å². The summed E-state index contributed by atoms with van der Waals surface area (Å²) in [6.07, 6.45) is 3.91. The molecule has 4 nitrogen and oxygen atoms in total. The Morgan fingerprint density at radius 2 is 2.19 bits per heavy atom. The number of para-hydroxylation sites is 1. The summed E-state index contributed by atoms with van der Waals surface area (Å²) in [7, 11) is 0. The Morgan fingerprint density at radius 1 is 1.33 bits per heavy atom. The monoisotopic (exact) mass is 285 g/mol. The molecule has 2 aliphatic heterocycles. The average Bonchev–Trinajstić information content (AvgIpc) is 3.17. The maximum Gasteiger partial charge on any atom is 0.0870 e. The van der Waals surface area contributed by atoms with Gasteiger partial charge in [-0.1, -0.05) is 18.2 Å². The van der Waals surface area contributed by atoms with E-state index in [9.17, 15) is 5.11 Å². The van der Waals surface area contributed by atoms with Crippen molar-refractivity contribution in [2.45, 2.75) is 50.8 Å². The van der Waals surface area contributed by atoms with Gasteiger partial charge in [0, 0.05) is 30.9 Å². The Labute approximate surface area is 125 Å².